The number of carbonyl (C=O) groups excluding carboxylic acids is 1. The lowest BCUT2D eigenvalue weighted by Crippen LogP contribution is -2.12. The summed E-state index contributed by atoms with van der Waals surface area (Å²) in [6.07, 6.45) is 4.20. The number of rotatable bonds is 2. The predicted octanol–water partition coefficient (Wildman–Crippen LogP) is 4.09. The summed E-state index contributed by atoms with van der Waals surface area (Å²) >= 11 is 0. The van der Waals surface area contributed by atoms with Gasteiger partial charge >= 0.3 is 0 Å². The summed E-state index contributed by atoms with van der Waals surface area (Å²) in [6, 6.07) is 4.30. The van der Waals surface area contributed by atoms with E-state index in [9.17, 15) is 4.79 Å². The van der Waals surface area contributed by atoms with Crippen LogP contribution in [0.5, 0.6) is 0 Å². The smallest absolute Gasteiger partial charge is 0.166 e. The van der Waals surface area contributed by atoms with E-state index < -0.39 is 0 Å². The predicted molar refractivity (Wildman–Crippen MR) is 76.3 cm³/mol. The zero-order valence-corrected chi connectivity index (χ0v) is 12.1. The first-order valence-electron chi connectivity index (χ1n) is 7.70. The number of ketones is 1. The van der Waals surface area contributed by atoms with Crippen molar-refractivity contribution in [3.8, 4) is 0 Å². The minimum absolute atomic E-state index is 0.382. The van der Waals surface area contributed by atoms with Crippen molar-refractivity contribution in [1.82, 2.24) is 0 Å². The average molecular weight is 254 g/mol. The summed E-state index contributed by atoms with van der Waals surface area (Å²) < 4.78 is 0. The number of carbonyl (C=O) groups is 1. The van der Waals surface area contributed by atoms with E-state index in [2.05, 4.69) is 32.9 Å². The van der Waals surface area contributed by atoms with Crippen LogP contribution in [0.25, 0.3) is 0 Å². The molecule has 4 rings (SSSR count). The Morgan fingerprint density at radius 3 is 2.16 bits per heavy atom. The molecule has 0 aromatic heterocycles. The molecule has 0 N–H and O–H groups in total. The largest absolute Gasteiger partial charge is 0.294 e. The second-order valence-electron chi connectivity index (χ2n) is 7.13. The third-order valence-corrected chi connectivity index (χ3v) is 6.14. The maximum atomic E-state index is 12.8. The van der Waals surface area contributed by atoms with Crippen molar-refractivity contribution in [1.29, 1.82) is 0 Å². The van der Waals surface area contributed by atoms with Crippen molar-refractivity contribution < 1.29 is 4.79 Å². The van der Waals surface area contributed by atoms with E-state index in [4.69, 9.17) is 0 Å². The molecule has 3 fully saturated rings. The fraction of sp³-hybridized carbons (Fsp3) is 0.611. The highest BCUT2D eigenvalue weighted by atomic mass is 16.1. The van der Waals surface area contributed by atoms with E-state index in [1.165, 1.54) is 36.0 Å². The fourth-order valence-electron chi connectivity index (χ4n) is 5.08. The topological polar surface area (TPSA) is 17.1 Å². The Morgan fingerprint density at radius 2 is 1.53 bits per heavy atom. The molecule has 3 aliphatic rings. The highest BCUT2D eigenvalue weighted by Crippen LogP contribution is 2.70. The molecule has 100 valence electrons. The molecule has 2 bridgehead atoms. The molecule has 0 radical (unpaired) electrons. The van der Waals surface area contributed by atoms with E-state index in [-0.39, 0.29) is 0 Å². The van der Waals surface area contributed by atoms with Gasteiger partial charge in [0.2, 0.25) is 0 Å². The highest BCUT2D eigenvalue weighted by Gasteiger charge is 2.67. The molecular weight excluding hydrogens is 232 g/mol. The molecule has 4 unspecified atom stereocenters. The van der Waals surface area contributed by atoms with Crippen LogP contribution in [-0.2, 0) is 0 Å². The summed E-state index contributed by atoms with van der Waals surface area (Å²) in [5, 5.41) is 0. The Hall–Kier alpha value is -1.11. The molecule has 1 aromatic rings. The fourth-order valence-corrected chi connectivity index (χ4v) is 5.08. The van der Waals surface area contributed by atoms with Gasteiger partial charge in [0, 0.05) is 11.5 Å². The Labute approximate surface area is 115 Å². The van der Waals surface area contributed by atoms with Gasteiger partial charge in [0.15, 0.2) is 5.78 Å². The van der Waals surface area contributed by atoms with Gasteiger partial charge in [-0.1, -0.05) is 6.07 Å². The Kier molecular flexibility index (Phi) is 2.29. The van der Waals surface area contributed by atoms with E-state index in [0.29, 0.717) is 11.7 Å². The Morgan fingerprint density at radius 1 is 0.947 bits per heavy atom. The lowest BCUT2D eigenvalue weighted by molar-refractivity contribution is 0.0944. The van der Waals surface area contributed by atoms with E-state index in [0.717, 1.165) is 29.2 Å². The molecule has 19 heavy (non-hydrogen) atoms. The lowest BCUT2D eigenvalue weighted by Gasteiger charge is -2.12. The van der Waals surface area contributed by atoms with Crippen molar-refractivity contribution in [2.75, 3.05) is 0 Å². The summed E-state index contributed by atoms with van der Waals surface area (Å²) in [6.45, 7) is 6.33. The molecule has 1 aromatic carbocycles. The van der Waals surface area contributed by atoms with Crippen LogP contribution < -0.4 is 0 Å². The standard InChI is InChI=1S/C18H22O/c1-9-6-11(3)14(7-10(9)2)18(19)17-15-12-4-5-13(8-12)16(15)17/h6-7,12-13,15-17H,4-5,8H2,1-3H3. The molecule has 0 aliphatic heterocycles. The van der Waals surface area contributed by atoms with Crippen LogP contribution in [0.3, 0.4) is 0 Å². The molecular formula is C18H22O. The van der Waals surface area contributed by atoms with Gasteiger partial charge in [-0.25, -0.2) is 0 Å². The number of hydrogen-bond acceptors (Lipinski definition) is 1. The molecule has 0 amide bonds. The van der Waals surface area contributed by atoms with E-state index >= 15 is 0 Å². The highest BCUT2D eigenvalue weighted by molar-refractivity contribution is 6.01. The Balaban J connectivity index is 1.64. The number of benzene rings is 1. The summed E-state index contributed by atoms with van der Waals surface area (Å²) in [5.41, 5.74) is 4.72. The van der Waals surface area contributed by atoms with Gasteiger partial charge < -0.3 is 0 Å². The van der Waals surface area contributed by atoms with Crippen LogP contribution >= 0.6 is 0 Å². The van der Waals surface area contributed by atoms with Crippen molar-refractivity contribution in [3.63, 3.8) is 0 Å². The maximum absolute atomic E-state index is 12.8. The quantitative estimate of drug-likeness (QED) is 0.727. The van der Waals surface area contributed by atoms with Crippen LogP contribution in [0.2, 0.25) is 0 Å². The van der Waals surface area contributed by atoms with Crippen molar-refractivity contribution in [2.45, 2.75) is 40.0 Å². The first-order valence-corrected chi connectivity index (χ1v) is 7.70. The molecule has 0 heterocycles. The van der Waals surface area contributed by atoms with Gasteiger partial charge in [-0.05, 0) is 86.5 Å². The Bertz CT molecular complexity index is 555. The molecule has 0 spiro atoms. The number of hydrogen-bond donors (Lipinski definition) is 0. The van der Waals surface area contributed by atoms with Crippen LogP contribution in [0.15, 0.2) is 12.1 Å². The maximum Gasteiger partial charge on any atom is 0.166 e. The van der Waals surface area contributed by atoms with Gasteiger partial charge in [-0.2, -0.15) is 0 Å². The lowest BCUT2D eigenvalue weighted by atomic mass is 9.92. The van der Waals surface area contributed by atoms with Gasteiger partial charge in [0.1, 0.15) is 0 Å². The summed E-state index contributed by atoms with van der Waals surface area (Å²) in [4.78, 5) is 12.8. The molecule has 1 nitrogen and oxygen atoms in total. The van der Waals surface area contributed by atoms with Crippen molar-refractivity contribution >= 4 is 5.78 Å². The monoisotopic (exact) mass is 254 g/mol. The average Bonchev–Trinajstić information content (AvgIpc) is 2.81. The van der Waals surface area contributed by atoms with Crippen molar-refractivity contribution in [3.05, 3.63) is 34.4 Å². The first-order chi connectivity index (χ1) is 9.08. The van der Waals surface area contributed by atoms with Gasteiger partial charge in [-0.3, -0.25) is 4.79 Å². The molecule has 0 saturated heterocycles. The normalized spacial score (nSPS) is 38.4. The molecule has 4 atom stereocenters. The first kappa shape index (κ1) is 11.7. The molecule has 3 aliphatic carbocycles. The van der Waals surface area contributed by atoms with E-state index in [1.807, 2.05) is 0 Å². The third kappa shape index (κ3) is 1.50. The van der Waals surface area contributed by atoms with Crippen LogP contribution in [-0.4, -0.2) is 5.78 Å². The zero-order chi connectivity index (χ0) is 13.3. The third-order valence-electron chi connectivity index (χ3n) is 6.14. The van der Waals surface area contributed by atoms with Crippen LogP contribution in [0.1, 0.15) is 46.3 Å². The zero-order valence-electron chi connectivity index (χ0n) is 12.1. The summed E-state index contributed by atoms with van der Waals surface area (Å²) in [7, 11) is 0. The summed E-state index contributed by atoms with van der Waals surface area (Å²) in [5.74, 6) is 4.12. The van der Waals surface area contributed by atoms with Gasteiger partial charge in [0.25, 0.3) is 0 Å². The SMILES string of the molecule is Cc1cc(C)c(C(=O)C2C3C4CCC(C4)C23)cc1C. The van der Waals surface area contributed by atoms with Gasteiger partial charge in [-0.15, -0.1) is 0 Å². The second-order valence-corrected chi connectivity index (χ2v) is 7.13. The molecule has 1 heteroatoms. The van der Waals surface area contributed by atoms with Crippen LogP contribution in [0, 0.1) is 50.4 Å². The molecule has 3 saturated carbocycles. The second kappa shape index (κ2) is 3.71. The number of fused-ring (bicyclic) bond motifs is 5. The minimum Gasteiger partial charge on any atom is -0.294 e. The number of aryl methyl sites for hydroxylation is 3. The van der Waals surface area contributed by atoms with Crippen molar-refractivity contribution in [2.24, 2.45) is 29.6 Å². The van der Waals surface area contributed by atoms with E-state index in [1.54, 1.807) is 0 Å². The minimum atomic E-state index is 0.382. The van der Waals surface area contributed by atoms with Gasteiger partial charge in [0.05, 0.1) is 0 Å². The van der Waals surface area contributed by atoms with Crippen LogP contribution in [0.4, 0.5) is 0 Å². The number of Topliss-reactive ketones (excluding diaryl/α,β-unsaturated/α-hetero) is 1.